The Labute approximate surface area is 93.3 Å². The predicted molar refractivity (Wildman–Crippen MR) is 66.7 cm³/mol. The molecule has 1 saturated heterocycles. The van der Waals surface area contributed by atoms with Crippen LogP contribution in [0.2, 0.25) is 25.2 Å². The lowest BCUT2D eigenvalue weighted by atomic mass is 10.1. The Hall–Kier alpha value is 0.321. The summed E-state index contributed by atoms with van der Waals surface area (Å²) in [4.78, 5) is 11.4. The van der Waals surface area contributed by atoms with Crippen LogP contribution >= 0.6 is 0 Å². The first-order chi connectivity index (χ1) is 6.72. The maximum atomic E-state index is 11.4. The summed E-state index contributed by atoms with van der Waals surface area (Å²) < 4.78 is 0. The second-order valence-electron chi connectivity index (χ2n) is 4.18. The molecule has 0 saturated carbocycles. The number of hydrogen-bond acceptors (Lipinski definition) is 1. The van der Waals surface area contributed by atoms with Gasteiger partial charge in [0.05, 0.1) is 0 Å². The SMILES string of the molecule is C[Si][Si]1([Si]C)CCCCC(=O)CCC1. The third kappa shape index (κ3) is 3.47. The maximum Gasteiger partial charge on any atom is 0.132 e. The normalized spacial score (nSPS) is 23.7. The van der Waals surface area contributed by atoms with E-state index in [2.05, 4.69) is 13.1 Å². The molecule has 78 valence electrons. The first-order valence-corrected chi connectivity index (χ1v) is 13.0. The highest BCUT2D eigenvalue weighted by Gasteiger charge is 2.29. The standard InChI is InChI=1S/C10H20OSi3/c1-12-14(13-2)8-4-3-6-10(11)7-5-9-14/h3-9H2,1-2H3. The highest BCUT2D eigenvalue weighted by molar-refractivity contribution is 7.50. The van der Waals surface area contributed by atoms with E-state index in [0.29, 0.717) is 5.78 Å². The van der Waals surface area contributed by atoms with E-state index in [1.165, 1.54) is 49.4 Å². The molecule has 0 N–H and O–H groups in total. The molecule has 4 heteroatoms. The van der Waals surface area contributed by atoms with E-state index in [1.54, 1.807) is 0 Å². The van der Waals surface area contributed by atoms with Crippen molar-refractivity contribution in [2.45, 2.75) is 57.3 Å². The summed E-state index contributed by atoms with van der Waals surface area (Å²) in [6, 6.07) is 2.94. The zero-order valence-corrected chi connectivity index (χ0v) is 12.4. The van der Waals surface area contributed by atoms with Crippen LogP contribution in [0, 0.1) is 0 Å². The first kappa shape index (κ1) is 12.4. The highest BCUT2D eigenvalue weighted by atomic mass is 29.6. The van der Waals surface area contributed by atoms with Gasteiger partial charge in [-0.2, -0.15) is 0 Å². The molecular formula is C10H20OSi3. The van der Waals surface area contributed by atoms with Gasteiger partial charge in [-0.15, -0.1) is 0 Å². The van der Waals surface area contributed by atoms with Crippen LogP contribution in [0.5, 0.6) is 0 Å². The molecule has 1 aliphatic heterocycles. The van der Waals surface area contributed by atoms with E-state index in [0.717, 1.165) is 12.8 Å². The lowest BCUT2D eigenvalue weighted by Gasteiger charge is -2.28. The van der Waals surface area contributed by atoms with E-state index in [4.69, 9.17) is 0 Å². The summed E-state index contributed by atoms with van der Waals surface area (Å²) >= 11 is 0. The topological polar surface area (TPSA) is 17.1 Å². The maximum absolute atomic E-state index is 11.4. The van der Waals surface area contributed by atoms with Gasteiger partial charge in [-0.1, -0.05) is 31.6 Å². The van der Waals surface area contributed by atoms with E-state index in [9.17, 15) is 4.79 Å². The molecule has 1 fully saturated rings. The molecule has 0 aromatic heterocycles. The largest absolute Gasteiger partial charge is 0.300 e. The molecule has 4 radical (unpaired) electrons. The molecule has 0 aliphatic carbocycles. The molecule has 0 bridgehead atoms. The van der Waals surface area contributed by atoms with Gasteiger partial charge in [0.15, 0.2) is 0 Å². The molecule has 0 aromatic carbocycles. The molecule has 0 aromatic rings. The number of hydrogen-bond donors (Lipinski definition) is 0. The number of ketones is 1. The quantitative estimate of drug-likeness (QED) is 0.678. The van der Waals surface area contributed by atoms with E-state index >= 15 is 0 Å². The summed E-state index contributed by atoms with van der Waals surface area (Å²) in [6.07, 6.45) is 5.45. The molecular weight excluding hydrogens is 220 g/mol. The fourth-order valence-electron chi connectivity index (χ4n) is 2.21. The number of Topliss-reactive ketones (excluding diaryl/α,β-unsaturated/α-hetero) is 1. The van der Waals surface area contributed by atoms with E-state index in [1.807, 2.05) is 0 Å². The van der Waals surface area contributed by atoms with Crippen LogP contribution in [0.4, 0.5) is 0 Å². The number of carbonyl (C=O) groups excluding carboxylic acids is 1. The van der Waals surface area contributed by atoms with Gasteiger partial charge in [-0.3, -0.25) is 4.79 Å². The Kier molecular flexibility index (Phi) is 5.33. The molecule has 0 amide bonds. The van der Waals surface area contributed by atoms with Crippen molar-refractivity contribution in [3.8, 4) is 0 Å². The Morgan fingerprint density at radius 2 is 1.57 bits per heavy atom. The summed E-state index contributed by atoms with van der Waals surface area (Å²) in [5.41, 5.74) is 0. The van der Waals surface area contributed by atoms with Crippen LogP contribution in [-0.4, -0.2) is 31.0 Å². The van der Waals surface area contributed by atoms with Crippen molar-refractivity contribution in [3.63, 3.8) is 0 Å². The number of rotatable bonds is 2. The number of carbonyl (C=O) groups is 1. The zero-order valence-electron chi connectivity index (χ0n) is 9.36. The van der Waals surface area contributed by atoms with Crippen molar-refractivity contribution in [2.75, 3.05) is 0 Å². The van der Waals surface area contributed by atoms with Crippen LogP contribution in [0.3, 0.4) is 0 Å². The van der Waals surface area contributed by atoms with Crippen LogP contribution in [0.1, 0.15) is 32.1 Å². The van der Waals surface area contributed by atoms with Gasteiger partial charge in [0.1, 0.15) is 5.78 Å². The lowest BCUT2D eigenvalue weighted by molar-refractivity contribution is -0.119. The van der Waals surface area contributed by atoms with E-state index in [-0.39, 0.29) is 0 Å². The van der Waals surface area contributed by atoms with Crippen LogP contribution in [0.15, 0.2) is 0 Å². The molecule has 1 nitrogen and oxygen atoms in total. The Bertz CT molecular complexity index is 190. The fraction of sp³-hybridized carbons (Fsp3) is 0.900. The molecule has 0 atom stereocenters. The van der Waals surface area contributed by atoms with Gasteiger partial charge in [-0.25, -0.2) is 0 Å². The Balaban J connectivity index is 2.55. The molecule has 1 rings (SSSR count). The van der Waals surface area contributed by atoms with Gasteiger partial charge in [0.25, 0.3) is 0 Å². The minimum Gasteiger partial charge on any atom is -0.300 e. The van der Waals surface area contributed by atoms with Crippen molar-refractivity contribution in [2.24, 2.45) is 0 Å². The van der Waals surface area contributed by atoms with Gasteiger partial charge in [-0.05, 0) is 12.8 Å². The van der Waals surface area contributed by atoms with Crippen molar-refractivity contribution in [3.05, 3.63) is 0 Å². The monoisotopic (exact) mass is 240 g/mol. The van der Waals surface area contributed by atoms with Crippen LogP contribution in [-0.2, 0) is 4.79 Å². The smallest absolute Gasteiger partial charge is 0.132 e. The van der Waals surface area contributed by atoms with Gasteiger partial charge in [0.2, 0.25) is 0 Å². The van der Waals surface area contributed by atoms with Crippen LogP contribution in [0.25, 0.3) is 0 Å². The Morgan fingerprint density at radius 1 is 1.00 bits per heavy atom. The lowest BCUT2D eigenvalue weighted by Crippen LogP contribution is -2.46. The van der Waals surface area contributed by atoms with Crippen molar-refractivity contribution < 1.29 is 4.79 Å². The fourth-order valence-corrected chi connectivity index (χ4v) is 13.5. The van der Waals surface area contributed by atoms with E-state index < -0.39 is 7.11 Å². The summed E-state index contributed by atoms with van der Waals surface area (Å²) in [5.74, 6) is 0.522. The highest BCUT2D eigenvalue weighted by Crippen LogP contribution is 2.23. The molecule has 14 heavy (non-hydrogen) atoms. The second kappa shape index (κ2) is 6.02. The third-order valence-electron chi connectivity index (χ3n) is 3.33. The van der Waals surface area contributed by atoms with Gasteiger partial charge < -0.3 is 0 Å². The van der Waals surface area contributed by atoms with Crippen molar-refractivity contribution in [1.82, 2.24) is 0 Å². The van der Waals surface area contributed by atoms with Crippen molar-refractivity contribution >= 4 is 31.0 Å². The first-order valence-electron chi connectivity index (χ1n) is 5.62. The third-order valence-corrected chi connectivity index (χ3v) is 20.9. The minimum atomic E-state index is -0.872. The van der Waals surface area contributed by atoms with Crippen LogP contribution < -0.4 is 0 Å². The second-order valence-corrected chi connectivity index (χ2v) is 18.6. The van der Waals surface area contributed by atoms with Crippen molar-refractivity contribution in [1.29, 1.82) is 0 Å². The molecule has 0 unspecified atom stereocenters. The van der Waals surface area contributed by atoms with Gasteiger partial charge in [0, 0.05) is 38.0 Å². The molecule has 1 heterocycles. The Morgan fingerprint density at radius 3 is 2.21 bits per heavy atom. The summed E-state index contributed by atoms with van der Waals surface area (Å²) in [6.45, 7) is 4.81. The van der Waals surface area contributed by atoms with Gasteiger partial charge >= 0.3 is 0 Å². The summed E-state index contributed by atoms with van der Waals surface area (Å²) in [5, 5.41) is 0. The average molecular weight is 241 g/mol. The zero-order chi connectivity index (χ0) is 10.4. The summed E-state index contributed by atoms with van der Waals surface area (Å²) in [7, 11) is 1.53. The minimum absolute atomic E-state index is 0.522. The molecule has 1 aliphatic rings. The molecule has 0 spiro atoms. The predicted octanol–water partition coefficient (Wildman–Crippen LogP) is 2.47. The average Bonchev–Trinajstić information content (AvgIpc) is 2.29.